The van der Waals surface area contributed by atoms with Crippen molar-refractivity contribution in [1.29, 1.82) is 0 Å². The van der Waals surface area contributed by atoms with E-state index in [0.29, 0.717) is 15.0 Å². The Morgan fingerprint density at radius 2 is 1.53 bits per heavy atom. The first-order valence-corrected chi connectivity index (χ1v) is 13.8. The van der Waals surface area contributed by atoms with Crippen molar-refractivity contribution in [2.24, 2.45) is 0 Å². The van der Waals surface area contributed by atoms with Gasteiger partial charge in [-0.3, -0.25) is 14.4 Å². The standard InChI is InChI=1S/C30H27F2NO9S/c1-39-22-14-20-17(7-8-19(33-20)21(34)9-10-26(37)38)27(31)29(22)41-11-4-12-42-30-23(40-2)15-24-18(28(30)32)13-16(43-24)5-3-6-25(35)36/h3,5,7-8,13-15H,4,6,9-12H2,1-2H3,(H,35,36)(H,37,38)/b5-3+. The summed E-state index contributed by atoms with van der Waals surface area (Å²) in [5.41, 5.74) is 0.147. The van der Waals surface area contributed by atoms with Gasteiger partial charge in [-0.05, 0) is 24.3 Å². The van der Waals surface area contributed by atoms with Crippen molar-refractivity contribution in [2.45, 2.75) is 25.7 Å². The molecule has 2 N–H and O–H groups in total. The summed E-state index contributed by atoms with van der Waals surface area (Å²) in [6.45, 7) is -0.00367. The Bertz CT molecular complexity index is 1720. The second-order valence-corrected chi connectivity index (χ2v) is 10.3. The van der Waals surface area contributed by atoms with Crippen LogP contribution in [0.2, 0.25) is 0 Å². The van der Waals surface area contributed by atoms with Crippen LogP contribution in [0.3, 0.4) is 0 Å². The fourth-order valence-corrected chi connectivity index (χ4v) is 5.17. The van der Waals surface area contributed by atoms with Gasteiger partial charge in [-0.1, -0.05) is 6.08 Å². The summed E-state index contributed by atoms with van der Waals surface area (Å²) in [5, 5.41) is 18.0. The molecule has 13 heteroatoms. The number of halogens is 2. The van der Waals surface area contributed by atoms with E-state index < -0.39 is 29.4 Å². The van der Waals surface area contributed by atoms with Crippen LogP contribution in [-0.2, 0) is 9.59 Å². The largest absolute Gasteiger partial charge is 0.493 e. The summed E-state index contributed by atoms with van der Waals surface area (Å²) in [5.74, 6) is -3.99. The van der Waals surface area contributed by atoms with Gasteiger partial charge in [-0.15, -0.1) is 11.3 Å². The second-order valence-electron chi connectivity index (χ2n) is 9.14. The zero-order valence-corrected chi connectivity index (χ0v) is 24.0. The predicted octanol–water partition coefficient (Wildman–Crippen LogP) is 6.13. The number of aromatic nitrogens is 1. The van der Waals surface area contributed by atoms with E-state index in [1.54, 1.807) is 18.2 Å². The highest BCUT2D eigenvalue weighted by molar-refractivity contribution is 7.19. The summed E-state index contributed by atoms with van der Waals surface area (Å²) < 4.78 is 53.2. The van der Waals surface area contributed by atoms with Crippen molar-refractivity contribution >= 4 is 56.1 Å². The van der Waals surface area contributed by atoms with E-state index in [2.05, 4.69) is 4.98 Å². The number of rotatable bonds is 15. The predicted molar refractivity (Wildman–Crippen MR) is 155 cm³/mol. The molecule has 0 bridgehead atoms. The van der Waals surface area contributed by atoms with E-state index in [1.807, 2.05) is 0 Å². The Hall–Kier alpha value is -4.78. The lowest BCUT2D eigenvalue weighted by Crippen LogP contribution is -2.09. The van der Waals surface area contributed by atoms with Crippen LogP contribution < -0.4 is 18.9 Å². The van der Waals surface area contributed by atoms with Gasteiger partial charge in [-0.25, -0.2) is 13.8 Å². The van der Waals surface area contributed by atoms with Gasteiger partial charge < -0.3 is 29.2 Å². The minimum Gasteiger partial charge on any atom is -0.493 e. The summed E-state index contributed by atoms with van der Waals surface area (Å²) in [7, 11) is 2.71. The number of thiophene rings is 1. The quantitative estimate of drug-likeness (QED) is 0.119. The molecule has 0 aliphatic rings. The van der Waals surface area contributed by atoms with Crippen LogP contribution in [0.5, 0.6) is 23.0 Å². The average Bonchev–Trinajstić information content (AvgIpc) is 3.39. The normalized spacial score (nSPS) is 11.3. The molecule has 0 atom stereocenters. The highest BCUT2D eigenvalue weighted by Gasteiger charge is 2.20. The number of carbonyl (C=O) groups is 3. The molecule has 0 amide bonds. The number of fused-ring (bicyclic) bond motifs is 2. The molecular formula is C30H27F2NO9S. The zero-order chi connectivity index (χ0) is 31.1. The first kappa shape index (κ1) is 31.2. The SMILES string of the molecule is COc1cc2nc(C(=O)CCC(=O)O)ccc2c(F)c1OCCCOc1c(OC)cc2sc(/C=C/CC(=O)O)cc2c1F. The van der Waals surface area contributed by atoms with Crippen molar-refractivity contribution in [3.63, 3.8) is 0 Å². The number of ether oxygens (including phenoxy) is 4. The number of pyridine rings is 1. The maximum atomic E-state index is 15.4. The minimum absolute atomic E-state index is 0.00911. The molecule has 0 saturated heterocycles. The third-order valence-corrected chi connectivity index (χ3v) is 7.25. The summed E-state index contributed by atoms with van der Waals surface area (Å²) in [4.78, 5) is 38.6. The molecule has 0 fully saturated rings. The molecule has 2 heterocycles. The second kappa shape index (κ2) is 13.9. The molecule has 226 valence electrons. The first-order chi connectivity index (χ1) is 20.6. The average molecular weight is 616 g/mol. The topological polar surface area (TPSA) is 141 Å². The Labute approximate surface area is 248 Å². The maximum absolute atomic E-state index is 15.4. The number of benzene rings is 2. The monoisotopic (exact) mass is 615 g/mol. The number of hydrogen-bond donors (Lipinski definition) is 2. The van der Waals surface area contributed by atoms with Gasteiger partial charge in [-0.2, -0.15) is 0 Å². The highest BCUT2D eigenvalue weighted by Crippen LogP contribution is 2.40. The fourth-order valence-electron chi connectivity index (χ4n) is 4.15. The Kier molecular flexibility index (Phi) is 10.1. The number of methoxy groups -OCH3 is 2. The van der Waals surface area contributed by atoms with Crippen LogP contribution in [0, 0.1) is 11.6 Å². The molecule has 43 heavy (non-hydrogen) atoms. The van der Waals surface area contributed by atoms with Crippen molar-refractivity contribution in [3.05, 3.63) is 58.6 Å². The number of carboxylic acid groups (broad SMARTS) is 2. The molecule has 0 aliphatic heterocycles. The smallest absolute Gasteiger partial charge is 0.307 e. The molecule has 0 saturated carbocycles. The number of nitrogens with zero attached hydrogens (tertiary/aromatic N) is 1. The highest BCUT2D eigenvalue weighted by atomic mass is 32.1. The molecule has 10 nitrogen and oxygen atoms in total. The van der Waals surface area contributed by atoms with Crippen LogP contribution in [0.15, 0.2) is 36.4 Å². The van der Waals surface area contributed by atoms with Crippen molar-refractivity contribution in [3.8, 4) is 23.0 Å². The van der Waals surface area contributed by atoms with Gasteiger partial charge >= 0.3 is 11.9 Å². The molecule has 0 radical (unpaired) electrons. The van der Waals surface area contributed by atoms with E-state index >= 15 is 8.78 Å². The third-order valence-electron chi connectivity index (χ3n) is 6.20. The number of carbonyl (C=O) groups excluding carboxylic acids is 1. The fraction of sp³-hybridized carbons (Fsp3) is 0.267. The van der Waals surface area contributed by atoms with E-state index in [-0.39, 0.29) is 78.5 Å². The lowest BCUT2D eigenvalue weighted by Gasteiger charge is -2.15. The maximum Gasteiger partial charge on any atom is 0.307 e. The summed E-state index contributed by atoms with van der Waals surface area (Å²) >= 11 is 1.28. The van der Waals surface area contributed by atoms with Crippen LogP contribution in [0.4, 0.5) is 8.78 Å². The number of aliphatic carboxylic acids is 2. The number of carboxylic acids is 2. The summed E-state index contributed by atoms with van der Waals surface area (Å²) in [6.07, 6.45) is 2.60. The van der Waals surface area contributed by atoms with Crippen molar-refractivity contribution in [1.82, 2.24) is 4.98 Å². The van der Waals surface area contributed by atoms with Gasteiger partial charge in [0.15, 0.2) is 40.4 Å². The Morgan fingerprint density at radius 3 is 2.16 bits per heavy atom. The van der Waals surface area contributed by atoms with E-state index in [1.165, 1.54) is 49.8 Å². The van der Waals surface area contributed by atoms with E-state index in [9.17, 15) is 14.4 Å². The molecule has 0 aliphatic carbocycles. The molecule has 4 aromatic rings. The number of hydrogen-bond acceptors (Lipinski definition) is 9. The van der Waals surface area contributed by atoms with E-state index in [4.69, 9.17) is 29.2 Å². The van der Waals surface area contributed by atoms with Crippen molar-refractivity contribution in [2.75, 3.05) is 27.4 Å². The van der Waals surface area contributed by atoms with Gasteiger partial charge in [0.2, 0.25) is 0 Å². The van der Waals surface area contributed by atoms with Crippen molar-refractivity contribution < 1.29 is 52.3 Å². The Balaban J connectivity index is 1.43. The molecule has 0 spiro atoms. The van der Waals surface area contributed by atoms with Crippen LogP contribution >= 0.6 is 11.3 Å². The van der Waals surface area contributed by atoms with Gasteiger partial charge in [0, 0.05) is 45.3 Å². The lowest BCUT2D eigenvalue weighted by atomic mass is 10.1. The van der Waals surface area contributed by atoms with Crippen LogP contribution in [0.25, 0.3) is 27.1 Å². The third kappa shape index (κ3) is 7.36. The molecular weight excluding hydrogens is 588 g/mol. The first-order valence-electron chi connectivity index (χ1n) is 13.0. The lowest BCUT2D eigenvalue weighted by molar-refractivity contribution is -0.137. The van der Waals surface area contributed by atoms with Gasteiger partial charge in [0.25, 0.3) is 0 Å². The summed E-state index contributed by atoms with van der Waals surface area (Å²) in [6, 6.07) is 7.34. The molecule has 4 rings (SSSR count). The molecule has 2 aromatic heterocycles. The Morgan fingerprint density at radius 1 is 0.884 bits per heavy atom. The van der Waals surface area contributed by atoms with Crippen LogP contribution in [-0.4, -0.2) is 60.4 Å². The van der Waals surface area contributed by atoms with Crippen LogP contribution in [0.1, 0.15) is 41.0 Å². The molecule has 2 aromatic carbocycles. The number of Topliss-reactive ketones (excluding diaryl/α,β-unsaturated/α-hetero) is 1. The van der Waals surface area contributed by atoms with Gasteiger partial charge in [0.1, 0.15) is 5.69 Å². The minimum atomic E-state index is -1.11. The number of ketones is 1. The zero-order valence-electron chi connectivity index (χ0n) is 23.1. The van der Waals surface area contributed by atoms with Gasteiger partial charge in [0.05, 0.1) is 45.8 Å². The van der Waals surface area contributed by atoms with E-state index in [0.717, 1.165) is 0 Å². The molecule has 0 unspecified atom stereocenters.